The van der Waals surface area contributed by atoms with E-state index in [9.17, 15) is 14.4 Å². The first kappa shape index (κ1) is 17.7. The smallest absolute Gasteiger partial charge is 0.340 e. The Bertz CT molecular complexity index is 598. The second kappa shape index (κ2) is 8.17. The van der Waals surface area contributed by atoms with Crippen LogP contribution in [0.2, 0.25) is 0 Å². The quantitative estimate of drug-likeness (QED) is 0.475. The van der Waals surface area contributed by atoms with Crippen molar-refractivity contribution in [1.82, 2.24) is 4.98 Å². The highest BCUT2D eigenvalue weighted by molar-refractivity contribution is 6.02. The molecule has 0 aliphatic heterocycles. The van der Waals surface area contributed by atoms with Gasteiger partial charge >= 0.3 is 11.9 Å². The molecule has 0 atom stereocenters. The van der Waals surface area contributed by atoms with Crippen LogP contribution in [0.4, 0.5) is 0 Å². The topological polar surface area (TPSA) is 85.5 Å². The molecule has 0 aliphatic carbocycles. The SMILES string of the molecule is CC/C=C/C(=O)OCC(=O)c1[nH]c(C)c(C(=O)OCC)c1C. The second-order valence-corrected chi connectivity index (χ2v) is 4.69. The Morgan fingerprint density at radius 3 is 2.41 bits per heavy atom. The summed E-state index contributed by atoms with van der Waals surface area (Å²) in [5.41, 5.74) is 1.66. The van der Waals surface area contributed by atoms with Crippen LogP contribution in [0.5, 0.6) is 0 Å². The Morgan fingerprint density at radius 1 is 1.14 bits per heavy atom. The summed E-state index contributed by atoms with van der Waals surface area (Å²) in [7, 11) is 0. The number of H-pyrrole nitrogens is 1. The fourth-order valence-corrected chi connectivity index (χ4v) is 2.01. The van der Waals surface area contributed by atoms with Crippen LogP contribution in [0.15, 0.2) is 12.2 Å². The standard InChI is InChI=1S/C16H21NO5/c1-5-7-8-13(19)22-9-12(18)15-10(3)14(11(4)17-15)16(20)21-6-2/h7-8,17H,5-6,9H2,1-4H3/b8-7+. The lowest BCUT2D eigenvalue weighted by molar-refractivity contribution is -0.136. The Kier molecular flexibility index (Phi) is 6.56. The lowest BCUT2D eigenvalue weighted by Gasteiger charge is -2.03. The van der Waals surface area contributed by atoms with Crippen molar-refractivity contribution in [3.05, 3.63) is 34.7 Å². The first-order chi connectivity index (χ1) is 10.4. The number of aromatic amines is 1. The first-order valence-corrected chi connectivity index (χ1v) is 7.15. The van der Waals surface area contributed by atoms with Crippen molar-refractivity contribution in [2.75, 3.05) is 13.2 Å². The number of nitrogens with one attached hydrogen (secondary N) is 1. The number of rotatable bonds is 7. The van der Waals surface area contributed by atoms with Gasteiger partial charge in [0.25, 0.3) is 0 Å². The number of esters is 2. The molecule has 0 fully saturated rings. The van der Waals surface area contributed by atoms with Gasteiger partial charge in [0.15, 0.2) is 6.61 Å². The van der Waals surface area contributed by atoms with E-state index < -0.39 is 17.7 Å². The van der Waals surface area contributed by atoms with Crippen molar-refractivity contribution in [3.63, 3.8) is 0 Å². The molecule has 0 unspecified atom stereocenters. The van der Waals surface area contributed by atoms with Gasteiger partial charge in [-0.25, -0.2) is 9.59 Å². The van der Waals surface area contributed by atoms with E-state index in [1.807, 2.05) is 6.92 Å². The number of carbonyl (C=O) groups is 3. The third-order valence-electron chi connectivity index (χ3n) is 3.03. The summed E-state index contributed by atoms with van der Waals surface area (Å²) in [6.07, 6.45) is 3.64. The van der Waals surface area contributed by atoms with Crippen LogP contribution < -0.4 is 0 Å². The van der Waals surface area contributed by atoms with E-state index in [0.29, 0.717) is 23.2 Å². The molecule has 6 nitrogen and oxygen atoms in total. The van der Waals surface area contributed by atoms with E-state index >= 15 is 0 Å². The summed E-state index contributed by atoms with van der Waals surface area (Å²) in [4.78, 5) is 38.2. The van der Waals surface area contributed by atoms with Crippen molar-refractivity contribution in [2.24, 2.45) is 0 Å². The number of ketones is 1. The minimum Gasteiger partial charge on any atom is -0.462 e. The van der Waals surface area contributed by atoms with Crippen molar-refractivity contribution in [3.8, 4) is 0 Å². The lowest BCUT2D eigenvalue weighted by Crippen LogP contribution is -2.14. The minimum absolute atomic E-state index is 0.257. The number of carbonyl (C=O) groups excluding carboxylic acids is 3. The summed E-state index contributed by atoms with van der Waals surface area (Å²) < 4.78 is 9.82. The second-order valence-electron chi connectivity index (χ2n) is 4.69. The van der Waals surface area contributed by atoms with E-state index in [2.05, 4.69) is 4.98 Å². The molecule has 0 aliphatic rings. The predicted octanol–water partition coefficient (Wildman–Crippen LogP) is 2.50. The number of hydrogen-bond donors (Lipinski definition) is 1. The van der Waals surface area contributed by atoms with Gasteiger partial charge < -0.3 is 14.5 Å². The average Bonchev–Trinajstić information content (AvgIpc) is 2.77. The number of aryl methyl sites for hydroxylation is 1. The lowest BCUT2D eigenvalue weighted by atomic mass is 10.1. The average molecular weight is 307 g/mol. The molecule has 1 heterocycles. The Balaban J connectivity index is 2.83. The third-order valence-corrected chi connectivity index (χ3v) is 3.03. The van der Waals surface area contributed by atoms with E-state index in [1.165, 1.54) is 6.08 Å². The summed E-state index contributed by atoms with van der Waals surface area (Å²) in [5.74, 6) is -1.44. The molecule has 22 heavy (non-hydrogen) atoms. The zero-order chi connectivity index (χ0) is 16.7. The van der Waals surface area contributed by atoms with Gasteiger partial charge in [0.05, 0.1) is 17.9 Å². The van der Waals surface area contributed by atoms with Crippen LogP contribution in [-0.4, -0.2) is 35.9 Å². The Labute approximate surface area is 129 Å². The van der Waals surface area contributed by atoms with Crippen LogP contribution in [0, 0.1) is 13.8 Å². The fourth-order valence-electron chi connectivity index (χ4n) is 2.01. The van der Waals surface area contributed by atoms with Gasteiger partial charge in [0.2, 0.25) is 5.78 Å². The number of ether oxygens (including phenoxy) is 2. The molecule has 0 aromatic carbocycles. The van der Waals surface area contributed by atoms with Gasteiger partial charge in [-0.1, -0.05) is 13.0 Å². The first-order valence-electron chi connectivity index (χ1n) is 7.15. The summed E-state index contributed by atoms with van der Waals surface area (Å²) in [6, 6.07) is 0. The fraction of sp³-hybridized carbons (Fsp3) is 0.438. The van der Waals surface area contributed by atoms with Crippen LogP contribution in [0.1, 0.15) is 52.4 Å². The molecule has 0 spiro atoms. The number of Topliss-reactive ketones (excluding diaryl/α,β-unsaturated/α-hetero) is 1. The van der Waals surface area contributed by atoms with E-state index in [1.54, 1.807) is 26.8 Å². The largest absolute Gasteiger partial charge is 0.462 e. The molecule has 1 N–H and O–H groups in total. The van der Waals surface area contributed by atoms with Crippen LogP contribution in [-0.2, 0) is 14.3 Å². The molecule has 6 heteroatoms. The predicted molar refractivity (Wildman–Crippen MR) is 80.9 cm³/mol. The monoisotopic (exact) mass is 307 g/mol. The van der Waals surface area contributed by atoms with Crippen LogP contribution >= 0.6 is 0 Å². The van der Waals surface area contributed by atoms with Crippen LogP contribution in [0.3, 0.4) is 0 Å². The Morgan fingerprint density at radius 2 is 1.82 bits per heavy atom. The number of hydrogen-bond acceptors (Lipinski definition) is 5. The molecule has 0 saturated heterocycles. The van der Waals surface area contributed by atoms with Gasteiger partial charge in [-0.05, 0) is 32.8 Å². The van der Waals surface area contributed by atoms with Crippen molar-refractivity contribution in [2.45, 2.75) is 34.1 Å². The normalized spacial score (nSPS) is 10.7. The molecule has 0 bridgehead atoms. The zero-order valence-electron chi connectivity index (χ0n) is 13.3. The maximum atomic E-state index is 12.1. The zero-order valence-corrected chi connectivity index (χ0v) is 13.3. The van der Waals surface area contributed by atoms with Crippen molar-refractivity contribution >= 4 is 17.7 Å². The summed E-state index contributed by atoms with van der Waals surface area (Å²) in [6.45, 7) is 6.82. The van der Waals surface area contributed by atoms with Gasteiger partial charge in [-0.2, -0.15) is 0 Å². The van der Waals surface area contributed by atoms with Crippen molar-refractivity contribution in [1.29, 1.82) is 0 Å². The molecule has 0 radical (unpaired) electrons. The number of aromatic nitrogens is 1. The Hall–Kier alpha value is -2.37. The highest BCUT2D eigenvalue weighted by Crippen LogP contribution is 2.19. The van der Waals surface area contributed by atoms with Gasteiger partial charge in [-0.3, -0.25) is 4.79 Å². The molecule has 120 valence electrons. The molecule has 1 rings (SSSR count). The molecular weight excluding hydrogens is 286 g/mol. The van der Waals surface area contributed by atoms with Crippen molar-refractivity contribution < 1.29 is 23.9 Å². The van der Waals surface area contributed by atoms with Crippen LogP contribution in [0.25, 0.3) is 0 Å². The van der Waals surface area contributed by atoms with E-state index in [4.69, 9.17) is 9.47 Å². The van der Waals surface area contributed by atoms with E-state index in [-0.39, 0.29) is 18.9 Å². The highest BCUT2D eigenvalue weighted by atomic mass is 16.5. The minimum atomic E-state index is -0.568. The maximum Gasteiger partial charge on any atom is 0.340 e. The highest BCUT2D eigenvalue weighted by Gasteiger charge is 2.23. The molecule has 0 saturated carbocycles. The molecule has 0 amide bonds. The van der Waals surface area contributed by atoms with Gasteiger partial charge in [0, 0.05) is 11.8 Å². The summed E-state index contributed by atoms with van der Waals surface area (Å²) in [5, 5.41) is 0. The molecule has 1 aromatic heterocycles. The third kappa shape index (κ3) is 4.31. The molecule has 1 aromatic rings. The number of allylic oxidation sites excluding steroid dienone is 1. The van der Waals surface area contributed by atoms with Gasteiger partial charge in [-0.15, -0.1) is 0 Å². The van der Waals surface area contributed by atoms with Gasteiger partial charge in [0.1, 0.15) is 0 Å². The maximum absolute atomic E-state index is 12.1. The van der Waals surface area contributed by atoms with E-state index in [0.717, 1.165) is 0 Å². The summed E-state index contributed by atoms with van der Waals surface area (Å²) >= 11 is 0. The molecular formula is C16H21NO5.